The lowest BCUT2D eigenvalue weighted by Gasteiger charge is -2.38. The van der Waals surface area contributed by atoms with Crippen LogP contribution in [-0.4, -0.2) is 6.10 Å². The van der Waals surface area contributed by atoms with E-state index in [1.165, 1.54) is 63.5 Å². The van der Waals surface area contributed by atoms with Crippen molar-refractivity contribution >= 4 is 0 Å². The number of rotatable bonds is 6. The lowest BCUT2D eigenvalue weighted by Crippen LogP contribution is -2.25. The second kappa shape index (κ2) is 11.6. The predicted molar refractivity (Wildman–Crippen MR) is 123 cm³/mol. The predicted octanol–water partition coefficient (Wildman–Crippen LogP) is 7.64. The first-order valence-electron chi connectivity index (χ1n) is 12.1. The molecular formula is C28H36F2O. The van der Waals surface area contributed by atoms with Crippen LogP contribution in [0.15, 0.2) is 12.1 Å². The lowest BCUT2D eigenvalue weighted by molar-refractivity contribution is 0.156. The number of halogens is 2. The van der Waals surface area contributed by atoms with Gasteiger partial charge in [0, 0.05) is 0 Å². The Kier molecular flexibility index (Phi) is 8.83. The van der Waals surface area contributed by atoms with E-state index in [2.05, 4.69) is 30.6 Å². The van der Waals surface area contributed by atoms with Gasteiger partial charge in [0.15, 0.2) is 23.5 Å². The highest BCUT2D eigenvalue weighted by atomic mass is 19.1. The highest BCUT2D eigenvalue weighted by Crippen LogP contribution is 2.45. The van der Waals surface area contributed by atoms with Crippen molar-refractivity contribution < 1.29 is 13.5 Å². The van der Waals surface area contributed by atoms with Crippen LogP contribution in [0.25, 0.3) is 0 Å². The Morgan fingerprint density at radius 3 is 2.06 bits per heavy atom. The number of benzene rings is 1. The highest BCUT2D eigenvalue weighted by Gasteiger charge is 2.31. The molecule has 0 spiro atoms. The fourth-order valence-corrected chi connectivity index (χ4v) is 5.61. The van der Waals surface area contributed by atoms with Crippen LogP contribution >= 0.6 is 0 Å². The van der Waals surface area contributed by atoms with Crippen LogP contribution in [0, 0.1) is 53.1 Å². The van der Waals surface area contributed by atoms with E-state index in [1.807, 2.05) is 0 Å². The maximum absolute atomic E-state index is 14.6. The summed E-state index contributed by atoms with van der Waals surface area (Å²) in [5.41, 5.74) is 0.767. The molecule has 0 unspecified atom stereocenters. The summed E-state index contributed by atoms with van der Waals surface area (Å²) in [7, 11) is 0. The Hall–Kier alpha value is -2.00. The third kappa shape index (κ3) is 6.49. The SMILES string of the molecule is CC#CC#C[C@@H](C)Oc1c(F)cc(C2CCC(C3CCC(CCC)CC3)CC2)cc1F. The molecule has 2 aliphatic rings. The van der Waals surface area contributed by atoms with Crippen LogP contribution < -0.4 is 4.74 Å². The molecule has 0 amide bonds. The van der Waals surface area contributed by atoms with Gasteiger partial charge in [-0.1, -0.05) is 38.5 Å². The standard InChI is InChI=1S/C28H36F2O/c1-4-6-7-9-20(3)31-28-26(29)18-25(19-27(28)30)24-16-14-23(15-17-24)22-12-10-21(8-5-2)11-13-22/h18-24H,5,8,10-17H2,1-3H3/t20-,21?,22?,23?,24?/m1/s1. The van der Waals surface area contributed by atoms with E-state index < -0.39 is 17.7 Å². The second-order valence-corrected chi connectivity index (χ2v) is 9.40. The third-order valence-corrected chi connectivity index (χ3v) is 7.28. The normalized spacial score (nSPS) is 26.7. The summed E-state index contributed by atoms with van der Waals surface area (Å²) < 4.78 is 34.7. The van der Waals surface area contributed by atoms with Crippen LogP contribution in [0.2, 0.25) is 0 Å². The number of ether oxygens (including phenoxy) is 1. The van der Waals surface area contributed by atoms with Crippen LogP contribution in [0.5, 0.6) is 5.75 Å². The molecule has 0 bridgehead atoms. The summed E-state index contributed by atoms with van der Waals surface area (Å²) in [5, 5.41) is 0. The van der Waals surface area contributed by atoms with E-state index in [4.69, 9.17) is 4.74 Å². The quantitative estimate of drug-likeness (QED) is 0.425. The Balaban J connectivity index is 1.56. The van der Waals surface area contributed by atoms with Gasteiger partial charge in [-0.3, -0.25) is 0 Å². The average Bonchev–Trinajstić information content (AvgIpc) is 2.77. The molecule has 168 valence electrons. The minimum atomic E-state index is -0.637. The molecule has 1 aromatic carbocycles. The topological polar surface area (TPSA) is 9.23 Å². The summed E-state index contributed by atoms with van der Waals surface area (Å²) in [6, 6.07) is 2.93. The number of hydrogen-bond donors (Lipinski definition) is 0. The van der Waals surface area contributed by atoms with Gasteiger partial charge < -0.3 is 4.74 Å². The van der Waals surface area contributed by atoms with Gasteiger partial charge in [0.25, 0.3) is 0 Å². The van der Waals surface area contributed by atoms with Gasteiger partial charge in [0.1, 0.15) is 0 Å². The maximum atomic E-state index is 14.6. The first-order valence-corrected chi connectivity index (χ1v) is 12.1. The van der Waals surface area contributed by atoms with Gasteiger partial charge in [0.05, 0.1) is 0 Å². The first kappa shape index (κ1) is 23.7. The van der Waals surface area contributed by atoms with Gasteiger partial charge in [0.2, 0.25) is 0 Å². The monoisotopic (exact) mass is 426 g/mol. The smallest absolute Gasteiger partial charge is 0.192 e. The van der Waals surface area contributed by atoms with Crippen LogP contribution in [0.4, 0.5) is 8.78 Å². The number of hydrogen-bond acceptors (Lipinski definition) is 1. The van der Waals surface area contributed by atoms with Crippen molar-refractivity contribution in [1.82, 2.24) is 0 Å². The highest BCUT2D eigenvalue weighted by molar-refractivity contribution is 5.34. The molecule has 2 saturated carbocycles. The zero-order chi connectivity index (χ0) is 22.2. The molecule has 31 heavy (non-hydrogen) atoms. The Morgan fingerprint density at radius 2 is 1.52 bits per heavy atom. The minimum absolute atomic E-state index is 0.239. The lowest BCUT2D eigenvalue weighted by atomic mass is 9.68. The fraction of sp³-hybridized carbons (Fsp3) is 0.643. The zero-order valence-electron chi connectivity index (χ0n) is 19.3. The van der Waals surface area contributed by atoms with Gasteiger partial charge in [-0.2, -0.15) is 0 Å². The van der Waals surface area contributed by atoms with Crippen molar-refractivity contribution in [2.75, 3.05) is 0 Å². The van der Waals surface area contributed by atoms with Crippen molar-refractivity contribution in [1.29, 1.82) is 0 Å². The third-order valence-electron chi connectivity index (χ3n) is 7.28. The minimum Gasteiger partial charge on any atom is -0.472 e. The summed E-state index contributed by atoms with van der Waals surface area (Å²) >= 11 is 0. The Labute approximate surface area is 187 Å². The molecule has 0 aliphatic heterocycles. The van der Waals surface area contributed by atoms with Crippen molar-refractivity contribution in [3.8, 4) is 29.4 Å². The molecule has 0 N–H and O–H groups in total. The Bertz CT molecular complexity index is 814. The van der Waals surface area contributed by atoms with Crippen LogP contribution in [0.3, 0.4) is 0 Å². The molecule has 3 heteroatoms. The van der Waals surface area contributed by atoms with E-state index in [9.17, 15) is 8.78 Å². The molecule has 2 fully saturated rings. The van der Waals surface area contributed by atoms with E-state index >= 15 is 0 Å². The largest absolute Gasteiger partial charge is 0.472 e. The molecule has 3 rings (SSSR count). The molecule has 1 atom stereocenters. The fourth-order valence-electron chi connectivity index (χ4n) is 5.61. The molecule has 1 aromatic rings. The molecule has 0 aromatic heterocycles. The van der Waals surface area contributed by atoms with Crippen molar-refractivity contribution in [3.63, 3.8) is 0 Å². The Morgan fingerprint density at radius 1 is 0.935 bits per heavy atom. The van der Waals surface area contributed by atoms with Gasteiger partial charge in [-0.15, -0.1) is 0 Å². The zero-order valence-corrected chi connectivity index (χ0v) is 19.3. The van der Waals surface area contributed by atoms with E-state index in [-0.39, 0.29) is 11.7 Å². The molecule has 1 nitrogen and oxygen atoms in total. The average molecular weight is 427 g/mol. The van der Waals surface area contributed by atoms with E-state index in [0.29, 0.717) is 0 Å². The van der Waals surface area contributed by atoms with E-state index in [1.54, 1.807) is 13.8 Å². The van der Waals surface area contributed by atoms with Gasteiger partial charge in [-0.05, 0) is 112 Å². The second-order valence-electron chi connectivity index (χ2n) is 9.40. The summed E-state index contributed by atoms with van der Waals surface area (Å²) in [6.45, 7) is 5.63. The summed E-state index contributed by atoms with van der Waals surface area (Å²) in [6.07, 6.45) is 12.0. The van der Waals surface area contributed by atoms with Crippen LogP contribution in [0.1, 0.15) is 96.5 Å². The first-order chi connectivity index (χ1) is 15.0. The summed E-state index contributed by atoms with van der Waals surface area (Å²) in [4.78, 5) is 0. The van der Waals surface area contributed by atoms with Crippen LogP contribution in [-0.2, 0) is 0 Å². The molecule has 0 radical (unpaired) electrons. The molecule has 0 heterocycles. The molecule has 0 saturated heterocycles. The molecule has 2 aliphatic carbocycles. The van der Waals surface area contributed by atoms with E-state index in [0.717, 1.165) is 36.2 Å². The van der Waals surface area contributed by atoms with Gasteiger partial charge in [-0.25, -0.2) is 8.78 Å². The summed E-state index contributed by atoms with van der Waals surface area (Å²) in [5.74, 6) is 11.8. The molecular weight excluding hydrogens is 390 g/mol. The van der Waals surface area contributed by atoms with Crippen molar-refractivity contribution in [3.05, 3.63) is 29.3 Å². The van der Waals surface area contributed by atoms with Crippen molar-refractivity contribution in [2.45, 2.75) is 97.0 Å². The maximum Gasteiger partial charge on any atom is 0.192 e. The van der Waals surface area contributed by atoms with Crippen molar-refractivity contribution in [2.24, 2.45) is 17.8 Å². The van der Waals surface area contributed by atoms with Gasteiger partial charge >= 0.3 is 0 Å².